The van der Waals surface area contributed by atoms with Gasteiger partial charge in [0.05, 0.1) is 0 Å². The van der Waals surface area contributed by atoms with E-state index < -0.39 is 27.8 Å². The number of benzene rings is 1. The van der Waals surface area contributed by atoms with E-state index in [9.17, 15) is 8.42 Å². The van der Waals surface area contributed by atoms with Crippen molar-refractivity contribution in [1.29, 1.82) is 5.41 Å². The van der Waals surface area contributed by atoms with Gasteiger partial charge in [0, 0.05) is 0 Å². The van der Waals surface area contributed by atoms with Crippen LogP contribution < -0.4 is 9.92 Å². The molecule has 4 N–H and O–H groups in total. The van der Waals surface area contributed by atoms with Crippen LogP contribution in [0, 0.1) is 5.41 Å². The van der Waals surface area contributed by atoms with Crippen molar-refractivity contribution in [2.45, 2.75) is 6.10 Å². The number of aliphatic hydroxyl groups excluding tert-OH is 1. The molecule has 0 amide bonds. The van der Waals surface area contributed by atoms with Crippen molar-refractivity contribution >= 4 is 16.0 Å². The van der Waals surface area contributed by atoms with Crippen LogP contribution in [0.4, 0.5) is 0 Å². The van der Waals surface area contributed by atoms with Crippen molar-refractivity contribution in [3.8, 4) is 5.75 Å². The Labute approximate surface area is 93.3 Å². The van der Waals surface area contributed by atoms with Gasteiger partial charge in [0.2, 0.25) is 0 Å². The van der Waals surface area contributed by atoms with E-state index >= 15 is 0 Å². The summed E-state index contributed by atoms with van der Waals surface area (Å²) < 4.78 is 27.4. The molecule has 88 valence electrons. The third-order valence-corrected chi connectivity index (χ3v) is 2.86. The molecule has 0 saturated heterocycles. The topological polar surface area (TPSA) is 113 Å². The summed E-state index contributed by atoms with van der Waals surface area (Å²) in [5.41, 5.74) is 4.95. The number of hydrogen-bond acceptors (Lipinski definition) is 5. The van der Waals surface area contributed by atoms with Crippen LogP contribution in [-0.2, 0) is 10.1 Å². The molecule has 1 rings (SSSR count). The number of aliphatic hydroxyl groups is 1. The predicted octanol–water partition coefficient (Wildman–Crippen LogP) is -0.308. The summed E-state index contributed by atoms with van der Waals surface area (Å²) in [6.45, 7) is 0. The minimum absolute atomic E-state index is 0.151. The van der Waals surface area contributed by atoms with E-state index in [1.165, 1.54) is 12.1 Å². The van der Waals surface area contributed by atoms with Crippen LogP contribution in [0.5, 0.6) is 5.75 Å². The lowest BCUT2D eigenvalue weighted by molar-refractivity contribution is 0.258. The Kier molecular flexibility index (Phi) is 3.86. The molecule has 0 aliphatic heterocycles. The van der Waals surface area contributed by atoms with Crippen LogP contribution in [0.3, 0.4) is 0 Å². The fourth-order valence-electron chi connectivity index (χ4n) is 0.940. The minimum Gasteiger partial charge on any atom is -0.385 e. The van der Waals surface area contributed by atoms with Gasteiger partial charge < -0.3 is 15.0 Å². The van der Waals surface area contributed by atoms with Gasteiger partial charge in [-0.05, 0) is 12.1 Å². The van der Waals surface area contributed by atoms with Crippen molar-refractivity contribution < 1.29 is 17.7 Å². The highest BCUT2D eigenvalue weighted by Gasteiger charge is 2.20. The Morgan fingerprint density at radius 2 is 2.00 bits per heavy atom. The van der Waals surface area contributed by atoms with Gasteiger partial charge in [0.1, 0.15) is 23.4 Å². The molecule has 0 spiro atoms. The third-order valence-electron chi connectivity index (χ3n) is 1.69. The molecular weight excluding hydrogens is 232 g/mol. The maximum atomic E-state index is 11.4. The van der Waals surface area contributed by atoms with E-state index in [4.69, 9.17) is 16.2 Å². The Hall–Kier alpha value is -1.60. The molecular formula is C9H12N2O4S. The van der Waals surface area contributed by atoms with E-state index in [-0.39, 0.29) is 5.75 Å². The number of rotatable bonds is 5. The fourth-order valence-corrected chi connectivity index (χ4v) is 1.98. The number of nitrogens with one attached hydrogen (secondary N) is 1. The molecule has 16 heavy (non-hydrogen) atoms. The van der Waals surface area contributed by atoms with Crippen molar-refractivity contribution in [3.63, 3.8) is 0 Å². The second kappa shape index (κ2) is 4.95. The number of hydrogen-bond donors (Lipinski definition) is 3. The number of para-hydroxylation sites is 1. The van der Waals surface area contributed by atoms with Crippen LogP contribution in [0.1, 0.15) is 0 Å². The molecule has 1 aromatic rings. The van der Waals surface area contributed by atoms with Gasteiger partial charge in [-0.3, -0.25) is 5.41 Å². The fraction of sp³-hybridized carbons (Fsp3) is 0.222. The average molecular weight is 244 g/mol. The van der Waals surface area contributed by atoms with Crippen LogP contribution in [0.25, 0.3) is 0 Å². The zero-order valence-corrected chi connectivity index (χ0v) is 9.15. The van der Waals surface area contributed by atoms with Gasteiger partial charge in [-0.25, -0.2) is 0 Å². The molecule has 1 aromatic carbocycles. The highest BCUT2D eigenvalue weighted by Crippen LogP contribution is 2.12. The molecule has 0 radical (unpaired) electrons. The summed E-state index contributed by atoms with van der Waals surface area (Å²) in [7, 11) is -3.95. The van der Waals surface area contributed by atoms with Crippen LogP contribution in [-0.4, -0.2) is 31.2 Å². The maximum Gasteiger partial charge on any atom is 0.312 e. The zero-order chi connectivity index (χ0) is 12.2. The molecule has 6 nitrogen and oxygen atoms in total. The highest BCUT2D eigenvalue weighted by molar-refractivity contribution is 7.87. The standard InChI is InChI=1S/C9H12N2O4S/c10-9(11)8(12)6-16(13,14)15-7-4-2-1-3-5-7/h1-5,8,12H,6H2,(H3,10,11). The van der Waals surface area contributed by atoms with Crippen LogP contribution in [0.15, 0.2) is 30.3 Å². The van der Waals surface area contributed by atoms with E-state index in [2.05, 4.69) is 4.18 Å². The Morgan fingerprint density at radius 1 is 1.44 bits per heavy atom. The maximum absolute atomic E-state index is 11.4. The van der Waals surface area contributed by atoms with Gasteiger partial charge in [-0.1, -0.05) is 18.2 Å². The zero-order valence-electron chi connectivity index (χ0n) is 8.33. The largest absolute Gasteiger partial charge is 0.385 e. The molecule has 0 saturated carbocycles. The Morgan fingerprint density at radius 3 is 2.50 bits per heavy atom. The Balaban J connectivity index is 2.70. The van der Waals surface area contributed by atoms with Gasteiger partial charge in [-0.2, -0.15) is 8.42 Å². The lowest BCUT2D eigenvalue weighted by atomic mass is 10.3. The normalized spacial score (nSPS) is 13.1. The molecule has 1 unspecified atom stereocenters. The van der Waals surface area contributed by atoms with Gasteiger partial charge in [0.25, 0.3) is 0 Å². The van der Waals surface area contributed by atoms with Crippen molar-refractivity contribution in [2.75, 3.05) is 5.75 Å². The van der Waals surface area contributed by atoms with Gasteiger partial charge in [-0.15, -0.1) is 0 Å². The van der Waals surface area contributed by atoms with E-state index in [0.717, 1.165) is 0 Å². The van der Waals surface area contributed by atoms with E-state index in [1.54, 1.807) is 18.2 Å². The lowest BCUT2D eigenvalue weighted by Gasteiger charge is -2.10. The second-order valence-corrected chi connectivity index (χ2v) is 4.71. The first-order chi connectivity index (χ1) is 7.41. The smallest absolute Gasteiger partial charge is 0.312 e. The van der Waals surface area contributed by atoms with Crippen molar-refractivity contribution in [3.05, 3.63) is 30.3 Å². The minimum atomic E-state index is -3.95. The molecule has 0 aromatic heterocycles. The first-order valence-electron chi connectivity index (χ1n) is 4.40. The van der Waals surface area contributed by atoms with E-state index in [0.29, 0.717) is 0 Å². The van der Waals surface area contributed by atoms with Crippen molar-refractivity contribution in [2.24, 2.45) is 5.73 Å². The van der Waals surface area contributed by atoms with Crippen molar-refractivity contribution in [1.82, 2.24) is 0 Å². The monoisotopic (exact) mass is 244 g/mol. The lowest BCUT2D eigenvalue weighted by Crippen LogP contribution is -2.35. The van der Waals surface area contributed by atoms with Gasteiger partial charge >= 0.3 is 10.1 Å². The SMILES string of the molecule is N=C(N)C(O)CS(=O)(=O)Oc1ccccc1. The van der Waals surface area contributed by atoms with Crippen LogP contribution >= 0.6 is 0 Å². The Bertz CT molecular complexity index is 458. The van der Waals surface area contributed by atoms with Crippen LogP contribution in [0.2, 0.25) is 0 Å². The first-order valence-corrected chi connectivity index (χ1v) is 5.97. The van der Waals surface area contributed by atoms with Gasteiger partial charge in [0.15, 0.2) is 0 Å². The summed E-state index contributed by atoms with van der Waals surface area (Å²) in [5.74, 6) is -1.20. The molecule has 0 fully saturated rings. The number of amidine groups is 1. The summed E-state index contributed by atoms with van der Waals surface area (Å²) >= 11 is 0. The summed E-state index contributed by atoms with van der Waals surface area (Å²) in [6.07, 6.45) is -1.55. The summed E-state index contributed by atoms with van der Waals surface area (Å²) in [6, 6.07) is 7.89. The molecule has 0 heterocycles. The molecule has 0 aliphatic carbocycles. The molecule has 0 aliphatic rings. The summed E-state index contributed by atoms with van der Waals surface area (Å²) in [4.78, 5) is 0. The summed E-state index contributed by atoms with van der Waals surface area (Å²) in [5, 5.41) is 16.0. The molecule has 1 atom stereocenters. The third kappa shape index (κ3) is 3.87. The first kappa shape index (κ1) is 12.5. The number of nitrogens with two attached hydrogens (primary N) is 1. The quantitative estimate of drug-likeness (QED) is 0.373. The second-order valence-electron chi connectivity index (χ2n) is 3.09. The molecule has 7 heteroatoms. The average Bonchev–Trinajstić information content (AvgIpc) is 2.17. The highest BCUT2D eigenvalue weighted by atomic mass is 32.2. The predicted molar refractivity (Wildman–Crippen MR) is 58.8 cm³/mol. The van der Waals surface area contributed by atoms with E-state index in [1.807, 2.05) is 0 Å². The molecule has 0 bridgehead atoms.